The number of nitrogens with zero attached hydrogens (tertiary/aromatic N) is 6. The van der Waals surface area contributed by atoms with Gasteiger partial charge in [-0.05, 0) is 85.9 Å². The highest BCUT2D eigenvalue weighted by Gasteiger charge is 2.24. The number of fused-ring (bicyclic) bond motifs is 2. The zero-order valence-electron chi connectivity index (χ0n) is 22.9. The van der Waals surface area contributed by atoms with Gasteiger partial charge in [-0.15, -0.1) is 0 Å². The number of ether oxygens (including phenoxy) is 1. The fraction of sp³-hybridized carbons (Fsp3) is 0.355. The minimum Gasteiger partial charge on any atom is -0.481 e. The molecule has 4 aromatic rings. The lowest BCUT2D eigenvalue weighted by molar-refractivity contribution is 0.0762. The summed E-state index contributed by atoms with van der Waals surface area (Å²) in [5, 5.41) is 1.02. The number of pyridine rings is 1. The summed E-state index contributed by atoms with van der Waals surface area (Å²) in [5.41, 5.74) is 7.40. The number of methoxy groups -OCH3 is 1. The predicted octanol–water partition coefficient (Wildman–Crippen LogP) is 4.35. The number of anilines is 1. The van der Waals surface area contributed by atoms with Crippen LogP contribution in [-0.2, 0) is 13.0 Å². The largest absolute Gasteiger partial charge is 0.481 e. The molecule has 0 atom stereocenters. The number of aromatic nitrogens is 3. The maximum Gasteiger partial charge on any atom is 0.253 e. The molecule has 2 aromatic carbocycles. The summed E-state index contributed by atoms with van der Waals surface area (Å²) in [6, 6.07) is 14.4. The van der Waals surface area contributed by atoms with E-state index in [9.17, 15) is 4.79 Å². The standard InChI is InChI=1S/C31H34N6O2/c1-21-15-25(24-7-8-28(39-3)32-18-24)17-27-29(21)33-20-34-30(27)37-12-9-22-5-6-23(16-26(22)19-37)31(38)36-11-4-10-35(2)13-14-36/h5-8,15-18,20H,4,9-14,19H2,1-3H3. The van der Waals surface area contributed by atoms with Crippen molar-refractivity contribution < 1.29 is 9.53 Å². The molecule has 0 spiro atoms. The van der Waals surface area contributed by atoms with Gasteiger partial charge in [-0.1, -0.05) is 6.07 Å². The molecule has 0 bridgehead atoms. The highest BCUT2D eigenvalue weighted by Crippen LogP contribution is 2.33. The minimum absolute atomic E-state index is 0.131. The first-order chi connectivity index (χ1) is 19.0. The van der Waals surface area contributed by atoms with E-state index in [0.29, 0.717) is 12.4 Å². The Morgan fingerprint density at radius 3 is 2.62 bits per heavy atom. The van der Waals surface area contributed by atoms with Crippen molar-refractivity contribution in [1.82, 2.24) is 24.8 Å². The third-order valence-corrected chi connectivity index (χ3v) is 7.96. The lowest BCUT2D eigenvalue weighted by atomic mass is 9.96. The van der Waals surface area contributed by atoms with Crippen molar-refractivity contribution >= 4 is 22.6 Å². The van der Waals surface area contributed by atoms with E-state index in [1.54, 1.807) is 13.4 Å². The number of rotatable bonds is 4. The number of carbonyl (C=O) groups is 1. The zero-order valence-corrected chi connectivity index (χ0v) is 22.9. The Kier molecular flexibility index (Phi) is 6.87. The van der Waals surface area contributed by atoms with Crippen LogP contribution in [0.5, 0.6) is 5.88 Å². The number of carbonyl (C=O) groups excluding carboxylic acids is 1. The van der Waals surface area contributed by atoms with Crippen molar-refractivity contribution in [3.8, 4) is 17.0 Å². The second kappa shape index (κ2) is 10.6. The van der Waals surface area contributed by atoms with E-state index < -0.39 is 0 Å². The number of hydrogen-bond acceptors (Lipinski definition) is 7. The summed E-state index contributed by atoms with van der Waals surface area (Å²) in [6.45, 7) is 7.19. The van der Waals surface area contributed by atoms with Crippen LogP contribution < -0.4 is 9.64 Å². The molecule has 0 radical (unpaired) electrons. The molecule has 2 aromatic heterocycles. The second-order valence-electron chi connectivity index (χ2n) is 10.6. The number of likely N-dealkylation sites (N-methyl/N-ethyl adjacent to an activating group) is 1. The van der Waals surface area contributed by atoms with Crippen LogP contribution in [0.1, 0.15) is 33.5 Å². The summed E-state index contributed by atoms with van der Waals surface area (Å²) < 4.78 is 5.23. The molecule has 8 nitrogen and oxygen atoms in total. The molecule has 8 heteroatoms. The van der Waals surface area contributed by atoms with Crippen LogP contribution in [0.25, 0.3) is 22.0 Å². The normalized spacial score (nSPS) is 16.2. The summed E-state index contributed by atoms with van der Waals surface area (Å²) in [7, 11) is 3.74. The molecule has 1 amide bonds. The predicted molar refractivity (Wildman–Crippen MR) is 153 cm³/mol. The van der Waals surface area contributed by atoms with Crippen LogP contribution in [0.2, 0.25) is 0 Å². The van der Waals surface area contributed by atoms with Crippen LogP contribution in [-0.4, -0.2) is 77.5 Å². The fourth-order valence-electron chi connectivity index (χ4n) is 5.73. The molecule has 1 saturated heterocycles. The average Bonchev–Trinajstić information content (AvgIpc) is 3.20. The van der Waals surface area contributed by atoms with Crippen LogP contribution in [0.3, 0.4) is 0 Å². The van der Waals surface area contributed by atoms with Crippen molar-refractivity contribution in [2.75, 3.05) is 51.8 Å². The molecule has 0 N–H and O–H groups in total. The smallest absolute Gasteiger partial charge is 0.253 e. The summed E-state index contributed by atoms with van der Waals surface area (Å²) in [6.07, 6.45) is 5.41. The highest BCUT2D eigenvalue weighted by molar-refractivity contribution is 5.96. The molecule has 2 aliphatic heterocycles. The maximum atomic E-state index is 13.4. The van der Waals surface area contributed by atoms with E-state index in [-0.39, 0.29) is 5.91 Å². The third-order valence-electron chi connectivity index (χ3n) is 7.96. The number of hydrogen-bond donors (Lipinski definition) is 0. The van der Waals surface area contributed by atoms with Gasteiger partial charge in [-0.3, -0.25) is 4.79 Å². The third kappa shape index (κ3) is 5.04. The van der Waals surface area contributed by atoms with Crippen LogP contribution in [0.15, 0.2) is 55.0 Å². The van der Waals surface area contributed by atoms with Gasteiger partial charge in [0, 0.05) is 61.5 Å². The van der Waals surface area contributed by atoms with Gasteiger partial charge in [0.2, 0.25) is 5.88 Å². The maximum absolute atomic E-state index is 13.4. The van der Waals surface area contributed by atoms with Gasteiger partial charge in [0.15, 0.2) is 0 Å². The van der Waals surface area contributed by atoms with Gasteiger partial charge in [-0.2, -0.15) is 0 Å². The number of aryl methyl sites for hydroxylation is 1. The number of amides is 1. The molecule has 4 heterocycles. The Hall–Kier alpha value is -4.04. The molecule has 0 aliphatic carbocycles. The minimum atomic E-state index is 0.131. The van der Waals surface area contributed by atoms with Gasteiger partial charge in [0.25, 0.3) is 5.91 Å². The number of benzene rings is 2. The molecule has 2 aliphatic rings. The molecule has 6 rings (SSSR count). The van der Waals surface area contributed by atoms with Gasteiger partial charge < -0.3 is 19.4 Å². The molecule has 0 unspecified atom stereocenters. The molecule has 0 saturated carbocycles. The van der Waals surface area contributed by atoms with Crippen molar-refractivity contribution in [2.24, 2.45) is 0 Å². The first-order valence-corrected chi connectivity index (χ1v) is 13.6. The second-order valence-corrected chi connectivity index (χ2v) is 10.6. The Bertz CT molecular complexity index is 1520. The Morgan fingerprint density at radius 2 is 1.79 bits per heavy atom. The van der Waals surface area contributed by atoms with Crippen LogP contribution >= 0.6 is 0 Å². The van der Waals surface area contributed by atoms with E-state index in [1.807, 2.05) is 29.3 Å². The van der Waals surface area contributed by atoms with E-state index in [2.05, 4.69) is 58.0 Å². The van der Waals surface area contributed by atoms with Crippen molar-refractivity contribution in [3.05, 3.63) is 77.2 Å². The van der Waals surface area contributed by atoms with E-state index in [0.717, 1.165) is 84.5 Å². The van der Waals surface area contributed by atoms with E-state index >= 15 is 0 Å². The van der Waals surface area contributed by atoms with Crippen molar-refractivity contribution in [1.29, 1.82) is 0 Å². The Labute approximate surface area is 229 Å². The Morgan fingerprint density at radius 1 is 0.897 bits per heavy atom. The lowest BCUT2D eigenvalue weighted by Crippen LogP contribution is -2.35. The molecular weight excluding hydrogens is 488 g/mol. The van der Waals surface area contributed by atoms with Gasteiger partial charge >= 0.3 is 0 Å². The van der Waals surface area contributed by atoms with Gasteiger partial charge in [0.1, 0.15) is 12.1 Å². The highest BCUT2D eigenvalue weighted by atomic mass is 16.5. The molecular formula is C31H34N6O2. The summed E-state index contributed by atoms with van der Waals surface area (Å²) in [4.78, 5) is 33.8. The quantitative estimate of drug-likeness (QED) is 0.395. The van der Waals surface area contributed by atoms with Crippen molar-refractivity contribution in [3.63, 3.8) is 0 Å². The molecule has 200 valence electrons. The SMILES string of the molecule is COc1ccc(-c2cc(C)c3ncnc(N4CCc5ccc(C(=O)N6CCCN(C)CC6)cc5C4)c3c2)cn1. The van der Waals surface area contributed by atoms with Crippen molar-refractivity contribution in [2.45, 2.75) is 26.3 Å². The zero-order chi connectivity index (χ0) is 26.9. The topological polar surface area (TPSA) is 74.7 Å². The first-order valence-electron chi connectivity index (χ1n) is 13.6. The van der Waals surface area contributed by atoms with Crippen LogP contribution in [0, 0.1) is 6.92 Å². The van der Waals surface area contributed by atoms with Crippen LogP contribution in [0.4, 0.5) is 5.82 Å². The lowest BCUT2D eigenvalue weighted by Gasteiger charge is -2.31. The monoisotopic (exact) mass is 522 g/mol. The van der Waals surface area contributed by atoms with Gasteiger partial charge in [-0.25, -0.2) is 15.0 Å². The van der Waals surface area contributed by atoms with E-state index in [4.69, 9.17) is 9.72 Å². The Balaban J connectivity index is 1.31. The molecule has 39 heavy (non-hydrogen) atoms. The summed E-state index contributed by atoms with van der Waals surface area (Å²) >= 11 is 0. The van der Waals surface area contributed by atoms with Gasteiger partial charge in [0.05, 0.1) is 12.6 Å². The summed E-state index contributed by atoms with van der Waals surface area (Å²) in [5.74, 6) is 1.64. The van der Waals surface area contributed by atoms with E-state index in [1.165, 1.54) is 11.1 Å². The first kappa shape index (κ1) is 25.2. The molecule has 1 fully saturated rings. The average molecular weight is 523 g/mol. The fourth-order valence-corrected chi connectivity index (χ4v) is 5.73.